The lowest BCUT2D eigenvalue weighted by atomic mass is 10.3. The van der Waals surface area contributed by atoms with Gasteiger partial charge >= 0.3 is 0 Å². The van der Waals surface area contributed by atoms with Crippen molar-refractivity contribution in [1.82, 2.24) is 9.55 Å². The summed E-state index contributed by atoms with van der Waals surface area (Å²) >= 11 is 5.12. The Hall–Kier alpha value is -2.08. The minimum Gasteiger partial charge on any atom is -0.492 e. The van der Waals surface area contributed by atoms with Gasteiger partial charge in [-0.15, -0.1) is 0 Å². The Kier molecular flexibility index (Phi) is 3.47. The van der Waals surface area contributed by atoms with Crippen LogP contribution in [0.3, 0.4) is 0 Å². The first kappa shape index (κ1) is 12.4. The molecule has 0 radical (unpaired) electrons. The van der Waals surface area contributed by atoms with Crippen molar-refractivity contribution in [3.05, 3.63) is 45.5 Å². The normalized spacial score (nSPS) is 10.3. The van der Waals surface area contributed by atoms with Gasteiger partial charge in [0.25, 0.3) is 5.56 Å². The van der Waals surface area contributed by atoms with E-state index in [4.69, 9.17) is 22.7 Å². The van der Waals surface area contributed by atoms with E-state index in [1.54, 1.807) is 4.57 Å². The van der Waals surface area contributed by atoms with Crippen LogP contribution in [0.5, 0.6) is 5.75 Å². The molecule has 0 saturated carbocycles. The van der Waals surface area contributed by atoms with E-state index >= 15 is 0 Å². The van der Waals surface area contributed by atoms with Crippen LogP contribution in [0.25, 0.3) is 5.69 Å². The van der Waals surface area contributed by atoms with Crippen molar-refractivity contribution in [2.24, 2.45) is 0 Å². The number of ether oxygens (including phenoxy) is 1. The average Bonchev–Trinajstić information content (AvgIpc) is 2.30. The number of aromatic nitrogens is 2. The maximum Gasteiger partial charge on any atom is 0.253 e. The SMILES string of the molecule is CCOc1ccccc1-n1c(N)cc(=O)[nH]c1=S. The van der Waals surface area contributed by atoms with Crippen molar-refractivity contribution >= 4 is 18.0 Å². The molecule has 0 saturated heterocycles. The number of aromatic amines is 1. The summed E-state index contributed by atoms with van der Waals surface area (Å²) in [6.45, 7) is 2.43. The molecule has 2 rings (SSSR count). The summed E-state index contributed by atoms with van der Waals surface area (Å²) in [6.07, 6.45) is 0. The second kappa shape index (κ2) is 5.05. The lowest BCUT2D eigenvalue weighted by Crippen LogP contribution is -2.15. The number of nitrogen functional groups attached to an aromatic ring is 1. The lowest BCUT2D eigenvalue weighted by molar-refractivity contribution is 0.339. The van der Waals surface area contributed by atoms with Crippen LogP contribution in [0.15, 0.2) is 35.1 Å². The third kappa shape index (κ3) is 2.28. The van der Waals surface area contributed by atoms with Crippen LogP contribution in [0.1, 0.15) is 6.92 Å². The zero-order valence-corrected chi connectivity index (χ0v) is 10.7. The van der Waals surface area contributed by atoms with Crippen LogP contribution in [-0.4, -0.2) is 16.2 Å². The number of H-pyrrole nitrogens is 1. The van der Waals surface area contributed by atoms with Crippen LogP contribution in [-0.2, 0) is 0 Å². The average molecular weight is 263 g/mol. The zero-order chi connectivity index (χ0) is 13.1. The van der Waals surface area contributed by atoms with Crippen molar-refractivity contribution in [1.29, 1.82) is 0 Å². The highest BCUT2D eigenvalue weighted by Gasteiger charge is 2.08. The van der Waals surface area contributed by atoms with Gasteiger partial charge in [0, 0.05) is 6.07 Å². The predicted molar refractivity (Wildman–Crippen MR) is 72.8 cm³/mol. The second-order valence-corrected chi connectivity index (χ2v) is 3.99. The Morgan fingerprint density at radius 1 is 1.44 bits per heavy atom. The van der Waals surface area contributed by atoms with Gasteiger partial charge in [0.1, 0.15) is 11.6 Å². The highest BCUT2D eigenvalue weighted by Crippen LogP contribution is 2.24. The number of rotatable bonds is 3. The summed E-state index contributed by atoms with van der Waals surface area (Å²) in [5, 5.41) is 0. The second-order valence-electron chi connectivity index (χ2n) is 3.60. The molecule has 0 aliphatic rings. The van der Waals surface area contributed by atoms with Gasteiger partial charge in [0.05, 0.1) is 12.3 Å². The summed E-state index contributed by atoms with van der Waals surface area (Å²) in [5.41, 5.74) is 6.23. The van der Waals surface area contributed by atoms with Crippen LogP contribution in [0, 0.1) is 4.77 Å². The van der Waals surface area contributed by atoms with Gasteiger partial charge in [-0.3, -0.25) is 14.3 Å². The summed E-state index contributed by atoms with van der Waals surface area (Å²) < 4.78 is 7.33. The number of para-hydroxylation sites is 2. The fourth-order valence-corrected chi connectivity index (χ4v) is 1.99. The quantitative estimate of drug-likeness (QED) is 0.829. The van der Waals surface area contributed by atoms with Crippen LogP contribution >= 0.6 is 12.2 Å². The molecule has 0 spiro atoms. The molecule has 2 aromatic rings. The molecule has 5 nitrogen and oxygen atoms in total. The monoisotopic (exact) mass is 263 g/mol. The van der Waals surface area contributed by atoms with Crippen molar-refractivity contribution < 1.29 is 4.74 Å². The Labute approximate surface area is 109 Å². The van der Waals surface area contributed by atoms with Gasteiger partial charge in [0.15, 0.2) is 4.77 Å². The van der Waals surface area contributed by atoms with E-state index in [-0.39, 0.29) is 16.1 Å². The first-order valence-electron chi connectivity index (χ1n) is 5.47. The lowest BCUT2D eigenvalue weighted by Gasteiger charge is -2.14. The summed E-state index contributed by atoms with van der Waals surface area (Å²) in [6, 6.07) is 8.66. The van der Waals surface area contributed by atoms with Crippen LogP contribution < -0.4 is 16.0 Å². The van der Waals surface area contributed by atoms with Gasteiger partial charge in [-0.25, -0.2) is 0 Å². The summed E-state index contributed by atoms with van der Waals surface area (Å²) in [5.74, 6) is 0.936. The van der Waals surface area contributed by atoms with Gasteiger partial charge in [-0.05, 0) is 31.3 Å². The van der Waals surface area contributed by atoms with E-state index in [0.717, 1.165) is 0 Å². The highest BCUT2D eigenvalue weighted by molar-refractivity contribution is 7.71. The molecule has 18 heavy (non-hydrogen) atoms. The molecule has 0 bridgehead atoms. The van der Waals surface area contributed by atoms with E-state index in [9.17, 15) is 4.79 Å². The van der Waals surface area contributed by atoms with Gasteiger partial charge in [-0.2, -0.15) is 0 Å². The van der Waals surface area contributed by atoms with Crippen LogP contribution in [0.4, 0.5) is 5.82 Å². The molecular weight excluding hydrogens is 250 g/mol. The highest BCUT2D eigenvalue weighted by atomic mass is 32.1. The molecule has 0 amide bonds. The third-order valence-corrected chi connectivity index (χ3v) is 2.66. The molecule has 0 aliphatic heterocycles. The van der Waals surface area contributed by atoms with E-state index in [2.05, 4.69) is 4.98 Å². The van der Waals surface area contributed by atoms with E-state index in [0.29, 0.717) is 18.0 Å². The maximum atomic E-state index is 11.3. The summed E-state index contributed by atoms with van der Waals surface area (Å²) in [4.78, 5) is 13.8. The number of hydrogen-bond donors (Lipinski definition) is 2. The fraction of sp³-hybridized carbons (Fsp3) is 0.167. The van der Waals surface area contributed by atoms with Crippen molar-refractivity contribution in [3.63, 3.8) is 0 Å². The predicted octanol–water partition coefficient (Wildman–Crippen LogP) is 1.88. The molecule has 0 unspecified atom stereocenters. The molecule has 1 heterocycles. The molecular formula is C12H13N3O2S. The van der Waals surface area contributed by atoms with Gasteiger partial charge in [0.2, 0.25) is 0 Å². The standard InChI is InChI=1S/C12H13N3O2S/c1-2-17-9-6-4-3-5-8(9)15-10(13)7-11(16)14-12(15)18/h3-7H,2,13H2,1H3,(H,14,16,18). The van der Waals surface area contributed by atoms with Gasteiger partial charge in [-0.1, -0.05) is 12.1 Å². The largest absolute Gasteiger partial charge is 0.492 e. The third-order valence-electron chi connectivity index (χ3n) is 2.38. The maximum absolute atomic E-state index is 11.3. The Morgan fingerprint density at radius 3 is 2.83 bits per heavy atom. The first-order chi connectivity index (χ1) is 8.63. The number of hydrogen-bond acceptors (Lipinski definition) is 4. The van der Waals surface area contributed by atoms with Crippen molar-refractivity contribution in [2.45, 2.75) is 6.92 Å². The summed E-state index contributed by atoms with van der Waals surface area (Å²) in [7, 11) is 0. The molecule has 0 fully saturated rings. The fourth-order valence-electron chi connectivity index (χ4n) is 1.68. The first-order valence-corrected chi connectivity index (χ1v) is 5.88. The zero-order valence-electron chi connectivity index (χ0n) is 9.84. The number of benzene rings is 1. The van der Waals surface area contributed by atoms with E-state index in [1.807, 2.05) is 31.2 Å². The number of nitrogens with one attached hydrogen (secondary N) is 1. The van der Waals surface area contributed by atoms with E-state index < -0.39 is 0 Å². The Morgan fingerprint density at radius 2 is 2.17 bits per heavy atom. The number of nitrogens with two attached hydrogens (primary N) is 1. The molecule has 6 heteroatoms. The topological polar surface area (TPSA) is 73.0 Å². The minimum atomic E-state index is -0.317. The molecule has 1 aromatic carbocycles. The minimum absolute atomic E-state index is 0.243. The molecule has 3 N–H and O–H groups in total. The molecule has 1 aromatic heterocycles. The van der Waals surface area contributed by atoms with E-state index in [1.165, 1.54) is 6.07 Å². The number of nitrogens with zero attached hydrogens (tertiary/aromatic N) is 1. The van der Waals surface area contributed by atoms with Crippen molar-refractivity contribution in [3.8, 4) is 11.4 Å². The van der Waals surface area contributed by atoms with Gasteiger partial charge < -0.3 is 10.5 Å². The smallest absolute Gasteiger partial charge is 0.253 e. The Balaban J connectivity index is 2.70. The number of anilines is 1. The molecule has 94 valence electrons. The van der Waals surface area contributed by atoms with Crippen molar-refractivity contribution in [2.75, 3.05) is 12.3 Å². The molecule has 0 atom stereocenters. The molecule has 0 aliphatic carbocycles. The Bertz CT molecular complexity index is 676. The van der Waals surface area contributed by atoms with Crippen LogP contribution in [0.2, 0.25) is 0 Å².